The molecule has 6 heteroatoms. The average molecular weight is 241 g/mol. The third kappa shape index (κ3) is 4.22. The zero-order valence-corrected chi connectivity index (χ0v) is 9.41. The summed E-state index contributed by atoms with van der Waals surface area (Å²) < 4.78 is 4.27. The van der Waals surface area contributed by atoms with Crippen molar-refractivity contribution in [2.24, 2.45) is 0 Å². The van der Waals surface area contributed by atoms with Gasteiger partial charge in [0, 0.05) is 4.90 Å². The number of imide groups is 1. The predicted molar refractivity (Wildman–Crippen MR) is 59.4 cm³/mol. The number of nitrogens with one attached hydrogen (secondary N) is 1. The number of carbonyl (C=O) groups excluding carboxylic acids is 2. The van der Waals surface area contributed by atoms with Crippen LogP contribution in [0.3, 0.4) is 0 Å². The van der Waals surface area contributed by atoms with Crippen molar-refractivity contribution in [3.63, 3.8) is 0 Å². The fraction of sp³-hybridized carbons (Fsp3) is 0.200. The van der Waals surface area contributed by atoms with Crippen molar-refractivity contribution < 1.29 is 19.4 Å². The van der Waals surface area contributed by atoms with Gasteiger partial charge in [-0.3, -0.25) is 10.1 Å². The molecule has 0 aliphatic heterocycles. The highest BCUT2D eigenvalue weighted by atomic mass is 32.2. The minimum absolute atomic E-state index is 0.0819. The second-order valence-electron chi connectivity index (χ2n) is 2.83. The number of rotatable bonds is 3. The molecule has 0 saturated heterocycles. The number of carbonyl (C=O) groups is 2. The third-order valence-corrected chi connectivity index (χ3v) is 2.61. The van der Waals surface area contributed by atoms with Crippen molar-refractivity contribution in [3.8, 4) is 5.75 Å². The molecule has 16 heavy (non-hydrogen) atoms. The number of phenolic OH excluding ortho intramolecular Hbond substituents is 1. The zero-order valence-electron chi connectivity index (χ0n) is 8.60. The van der Waals surface area contributed by atoms with Crippen LogP contribution in [0.15, 0.2) is 29.2 Å². The second-order valence-corrected chi connectivity index (χ2v) is 3.87. The van der Waals surface area contributed by atoms with Crippen molar-refractivity contribution in [3.05, 3.63) is 24.3 Å². The van der Waals surface area contributed by atoms with Crippen LogP contribution < -0.4 is 5.32 Å². The second kappa shape index (κ2) is 6.02. The van der Waals surface area contributed by atoms with Crippen LogP contribution in [0.25, 0.3) is 0 Å². The smallest absolute Gasteiger partial charge is 0.413 e. The van der Waals surface area contributed by atoms with Crippen LogP contribution in [0, 0.1) is 0 Å². The summed E-state index contributed by atoms with van der Waals surface area (Å²) in [6, 6.07) is 6.51. The number of hydrogen-bond donors (Lipinski definition) is 2. The predicted octanol–water partition coefficient (Wildman–Crippen LogP) is 1.37. The van der Waals surface area contributed by atoms with E-state index in [9.17, 15) is 14.7 Å². The number of hydrogen-bond acceptors (Lipinski definition) is 5. The average Bonchev–Trinajstić information content (AvgIpc) is 2.26. The van der Waals surface area contributed by atoms with Gasteiger partial charge in [0.2, 0.25) is 5.91 Å². The number of methoxy groups -OCH3 is 1. The maximum Gasteiger partial charge on any atom is 0.413 e. The number of benzene rings is 1. The summed E-state index contributed by atoms with van der Waals surface area (Å²) in [4.78, 5) is 22.6. The van der Waals surface area contributed by atoms with Gasteiger partial charge in [0.05, 0.1) is 12.9 Å². The minimum Gasteiger partial charge on any atom is -0.508 e. The van der Waals surface area contributed by atoms with E-state index in [1.807, 2.05) is 5.32 Å². The van der Waals surface area contributed by atoms with Crippen LogP contribution in [0.2, 0.25) is 0 Å². The van der Waals surface area contributed by atoms with E-state index < -0.39 is 12.0 Å². The highest BCUT2D eigenvalue weighted by molar-refractivity contribution is 8.00. The molecule has 0 unspecified atom stereocenters. The standard InChI is InChI=1S/C10H11NO4S/c1-15-10(14)11-9(13)6-16-8-4-2-3-7(12)5-8/h2-5,12H,6H2,1H3,(H,11,13,14). The number of phenols is 1. The molecule has 0 spiro atoms. The van der Waals surface area contributed by atoms with E-state index in [0.717, 1.165) is 4.90 Å². The molecule has 5 nitrogen and oxygen atoms in total. The van der Waals surface area contributed by atoms with Crippen molar-refractivity contribution >= 4 is 23.8 Å². The molecular formula is C10H11NO4S. The quantitative estimate of drug-likeness (QED) is 0.782. The van der Waals surface area contributed by atoms with Crippen LogP contribution >= 0.6 is 11.8 Å². The van der Waals surface area contributed by atoms with E-state index in [2.05, 4.69) is 4.74 Å². The summed E-state index contributed by atoms with van der Waals surface area (Å²) >= 11 is 1.22. The van der Waals surface area contributed by atoms with E-state index >= 15 is 0 Å². The SMILES string of the molecule is COC(=O)NC(=O)CSc1cccc(O)c1. The Hall–Kier alpha value is -1.69. The normalized spacial score (nSPS) is 9.56. The summed E-state index contributed by atoms with van der Waals surface area (Å²) in [6.45, 7) is 0. The highest BCUT2D eigenvalue weighted by Crippen LogP contribution is 2.21. The number of ether oxygens (including phenoxy) is 1. The fourth-order valence-electron chi connectivity index (χ4n) is 0.923. The fourth-order valence-corrected chi connectivity index (χ4v) is 1.67. The van der Waals surface area contributed by atoms with Crippen LogP contribution in [0.1, 0.15) is 0 Å². The Kier molecular flexibility index (Phi) is 4.65. The molecule has 86 valence electrons. The van der Waals surface area contributed by atoms with Gasteiger partial charge in [-0.25, -0.2) is 4.79 Å². The molecule has 1 aromatic rings. The van der Waals surface area contributed by atoms with Gasteiger partial charge in [-0.1, -0.05) is 6.07 Å². The van der Waals surface area contributed by atoms with Gasteiger partial charge in [-0.05, 0) is 18.2 Å². The molecule has 0 saturated carbocycles. The molecule has 1 rings (SSSR count). The Labute approximate surface area is 96.8 Å². The lowest BCUT2D eigenvalue weighted by Crippen LogP contribution is -2.31. The Morgan fingerprint density at radius 3 is 2.88 bits per heavy atom. The Balaban J connectivity index is 2.40. The van der Waals surface area contributed by atoms with Crippen LogP contribution in [0.4, 0.5) is 4.79 Å². The van der Waals surface area contributed by atoms with Crippen LogP contribution in [-0.2, 0) is 9.53 Å². The van der Waals surface area contributed by atoms with Crippen LogP contribution in [0.5, 0.6) is 5.75 Å². The van der Waals surface area contributed by atoms with Gasteiger partial charge >= 0.3 is 6.09 Å². The maximum atomic E-state index is 11.2. The van der Waals surface area contributed by atoms with Gasteiger partial charge in [0.25, 0.3) is 0 Å². The van der Waals surface area contributed by atoms with Gasteiger partial charge in [0.1, 0.15) is 5.75 Å². The first-order chi connectivity index (χ1) is 7.61. The van der Waals surface area contributed by atoms with Gasteiger partial charge in [-0.15, -0.1) is 11.8 Å². The molecule has 2 amide bonds. The molecule has 0 bridgehead atoms. The Morgan fingerprint density at radius 1 is 1.50 bits per heavy atom. The molecule has 1 aromatic carbocycles. The van der Waals surface area contributed by atoms with E-state index in [1.54, 1.807) is 18.2 Å². The monoisotopic (exact) mass is 241 g/mol. The maximum absolute atomic E-state index is 11.2. The summed E-state index contributed by atoms with van der Waals surface area (Å²) in [6.07, 6.45) is -0.776. The molecule has 0 heterocycles. The first-order valence-corrected chi connectivity index (χ1v) is 5.40. The lowest BCUT2D eigenvalue weighted by atomic mass is 10.3. The van der Waals surface area contributed by atoms with Crippen molar-refractivity contribution in [2.45, 2.75) is 4.90 Å². The largest absolute Gasteiger partial charge is 0.508 e. The van der Waals surface area contributed by atoms with Crippen molar-refractivity contribution in [1.29, 1.82) is 0 Å². The number of thioether (sulfide) groups is 1. The molecule has 0 atom stereocenters. The van der Waals surface area contributed by atoms with Gasteiger partial charge in [0.15, 0.2) is 0 Å². The van der Waals surface area contributed by atoms with Crippen LogP contribution in [-0.4, -0.2) is 30.0 Å². The minimum atomic E-state index is -0.776. The molecule has 0 aliphatic carbocycles. The number of aromatic hydroxyl groups is 1. The number of amides is 2. The molecule has 2 N–H and O–H groups in total. The van der Waals surface area contributed by atoms with Gasteiger partial charge < -0.3 is 9.84 Å². The molecule has 0 fully saturated rings. The summed E-state index contributed by atoms with van der Waals surface area (Å²) in [5, 5.41) is 11.2. The molecule has 0 aromatic heterocycles. The summed E-state index contributed by atoms with van der Waals surface area (Å²) in [7, 11) is 1.19. The first-order valence-electron chi connectivity index (χ1n) is 4.41. The van der Waals surface area contributed by atoms with Gasteiger partial charge in [-0.2, -0.15) is 0 Å². The molecular weight excluding hydrogens is 230 g/mol. The Bertz CT molecular complexity index is 394. The molecule has 0 radical (unpaired) electrons. The third-order valence-electron chi connectivity index (χ3n) is 1.61. The lowest BCUT2D eigenvalue weighted by molar-refractivity contribution is -0.117. The van der Waals surface area contributed by atoms with Crippen molar-refractivity contribution in [2.75, 3.05) is 12.9 Å². The molecule has 0 aliphatic rings. The summed E-state index contributed by atoms with van der Waals surface area (Å²) in [5.41, 5.74) is 0. The Morgan fingerprint density at radius 2 is 2.25 bits per heavy atom. The lowest BCUT2D eigenvalue weighted by Gasteiger charge is -2.02. The van der Waals surface area contributed by atoms with E-state index in [4.69, 9.17) is 0 Å². The van der Waals surface area contributed by atoms with Crippen molar-refractivity contribution in [1.82, 2.24) is 5.32 Å². The summed E-state index contributed by atoms with van der Waals surface area (Å²) in [5.74, 6) is -0.225. The zero-order chi connectivity index (χ0) is 12.0. The van der Waals surface area contributed by atoms with E-state index in [1.165, 1.54) is 24.9 Å². The first kappa shape index (κ1) is 12.4. The van der Waals surface area contributed by atoms with E-state index in [0.29, 0.717) is 0 Å². The van der Waals surface area contributed by atoms with E-state index in [-0.39, 0.29) is 11.5 Å². The highest BCUT2D eigenvalue weighted by Gasteiger charge is 2.07. The topological polar surface area (TPSA) is 75.6 Å². The number of alkyl carbamates (subject to hydrolysis) is 1.